The SMILES string of the molecule is C/N=C(\CCC1CC1)c1ccc(C#N)cc1. The predicted molar refractivity (Wildman–Crippen MR) is 65.6 cm³/mol. The molecule has 1 fully saturated rings. The first-order chi connectivity index (χ1) is 7.83. The van der Waals surface area contributed by atoms with E-state index < -0.39 is 0 Å². The lowest BCUT2D eigenvalue weighted by Gasteiger charge is -2.05. The van der Waals surface area contributed by atoms with Gasteiger partial charge in [0.25, 0.3) is 0 Å². The Kier molecular flexibility index (Phi) is 3.36. The Morgan fingerprint density at radius 1 is 1.38 bits per heavy atom. The van der Waals surface area contributed by atoms with Crippen LogP contribution in [-0.4, -0.2) is 12.8 Å². The Balaban J connectivity index is 2.04. The van der Waals surface area contributed by atoms with Crippen molar-refractivity contribution in [3.63, 3.8) is 0 Å². The van der Waals surface area contributed by atoms with E-state index in [0.29, 0.717) is 5.56 Å². The van der Waals surface area contributed by atoms with Gasteiger partial charge in [-0.15, -0.1) is 0 Å². The Morgan fingerprint density at radius 2 is 2.06 bits per heavy atom. The zero-order valence-corrected chi connectivity index (χ0v) is 9.61. The molecule has 0 heterocycles. The third-order valence-electron chi connectivity index (χ3n) is 3.10. The van der Waals surface area contributed by atoms with Crippen molar-refractivity contribution in [3.8, 4) is 6.07 Å². The second-order valence-corrected chi connectivity index (χ2v) is 4.34. The van der Waals surface area contributed by atoms with Crippen LogP contribution in [0.25, 0.3) is 0 Å². The summed E-state index contributed by atoms with van der Waals surface area (Å²) in [4.78, 5) is 4.35. The van der Waals surface area contributed by atoms with Crippen LogP contribution in [0.15, 0.2) is 29.3 Å². The van der Waals surface area contributed by atoms with Crippen molar-refractivity contribution < 1.29 is 0 Å². The maximum Gasteiger partial charge on any atom is 0.0991 e. The van der Waals surface area contributed by atoms with E-state index >= 15 is 0 Å². The molecule has 1 aliphatic carbocycles. The van der Waals surface area contributed by atoms with Crippen molar-refractivity contribution in [2.24, 2.45) is 10.9 Å². The first kappa shape index (κ1) is 10.9. The fraction of sp³-hybridized carbons (Fsp3) is 0.429. The first-order valence-electron chi connectivity index (χ1n) is 5.79. The van der Waals surface area contributed by atoms with Gasteiger partial charge in [-0.25, -0.2) is 0 Å². The van der Waals surface area contributed by atoms with Crippen molar-refractivity contribution in [2.45, 2.75) is 25.7 Å². The van der Waals surface area contributed by atoms with Gasteiger partial charge in [-0.1, -0.05) is 25.0 Å². The molecule has 2 nitrogen and oxygen atoms in total. The highest BCUT2D eigenvalue weighted by molar-refractivity contribution is 6.00. The molecule has 1 aromatic rings. The van der Waals surface area contributed by atoms with Gasteiger partial charge < -0.3 is 0 Å². The smallest absolute Gasteiger partial charge is 0.0991 e. The number of rotatable bonds is 4. The average molecular weight is 212 g/mol. The van der Waals surface area contributed by atoms with Crippen molar-refractivity contribution in [1.82, 2.24) is 0 Å². The number of hydrogen-bond acceptors (Lipinski definition) is 2. The Morgan fingerprint density at radius 3 is 2.56 bits per heavy atom. The van der Waals surface area contributed by atoms with Crippen molar-refractivity contribution in [1.29, 1.82) is 5.26 Å². The van der Waals surface area contributed by atoms with Crippen molar-refractivity contribution >= 4 is 5.71 Å². The molecule has 0 spiro atoms. The van der Waals surface area contributed by atoms with Gasteiger partial charge in [0.05, 0.1) is 11.6 Å². The molecule has 0 unspecified atom stereocenters. The Bertz CT molecular complexity index is 419. The predicted octanol–water partition coefficient (Wildman–Crippen LogP) is 3.17. The van der Waals surface area contributed by atoms with Gasteiger partial charge >= 0.3 is 0 Å². The zero-order valence-electron chi connectivity index (χ0n) is 9.61. The second-order valence-electron chi connectivity index (χ2n) is 4.34. The van der Waals surface area contributed by atoms with E-state index in [0.717, 1.165) is 23.6 Å². The third-order valence-corrected chi connectivity index (χ3v) is 3.10. The first-order valence-corrected chi connectivity index (χ1v) is 5.79. The standard InChI is InChI=1S/C14H16N2/c1-16-14(9-6-11-2-3-11)13-7-4-12(10-15)5-8-13/h4-5,7-8,11H,2-3,6,9H2,1H3/b16-14+. The molecule has 2 heteroatoms. The summed E-state index contributed by atoms with van der Waals surface area (Å²) >= 11 is 0. The lowest BCUT2D eigenvalue weighted by molar-refractivity contribution is 0.758. The van der Waals surface area contributed by atoms with E-state index in [1.165, 1.54) is 19.3 Å². The molecule has 82 valence electrons. The van der Waals surface area contributed by atoms with E-state index in [2.05, 4.69) is 11.1 Å². The second kappa shape index (κ2) is 4.94. The number of hydrogen-bond donors (Lipinski definition) is 0. The van der Waals surface area contributed by atoms with Crippen LogP contribution in [0.5, 0.6) is 0 Å². The van der Waals surface area contributed by atoms with Gasteiger partial charge in [-0.05, 0) is 36.5 Å². The molecule has 16 heavy (non-hydrogen) atoms. The van der Waals surface area contributed by atoms with Gasteiger partial charge in [0.15, 0.2) is 0 Å². The van der Waals surface area contributed by atoms with E-state index in [-0.39, 0.29) is 0 Å². The van der Waals surface area contributed by atoms with Crippen LogP contribution in [0.4, 0.5) is 0 Å². The fourth-order valence-corrected chi connectivity index (χ4v) is 1.87. The van der Waals surface area contributed by atoms with E-state index in [9.17, 15) is 0 Å². The average Bonchev–Trinajstić information content (AvgIpc) is 3.15. The molecule has 0 aliphatic heterocycles. The summed E-state index contributed by atoms with van der Waals surface area (Å²) in [6, 6.07) is 9.84. The van der Waals surface area contributed by atoms with E-state index in [1.54, 1.807) is 0 Å². The summed E-state index contributed by atoms with van der Waals surface area (Å²) in [5, 5.41) is 8.73. The van der Waals surface area contributed by atoms with Crippen LogP contribution < -0.4 is 0 Å². The lowest BCUT2D eigenvalue weighted by Crippen LogP contribution is -2.01. The molecule has 1 aromatic carbocycles. The van der Waals surface area contributed by atoms with E-state index in [1.807, 2.05) is 31.3 Å². The molecule has 0 N–H and O–H groups in total. The summed E-state index contributed by atoms with van der Waals surface area (Å²) in [6.45, 7) is 0. The highest BCUT2D eigenvalue weighted by atomic mass is 14.7. The molecule has 0 amide bonds. The number of benzene rings is 1. The molecule has 0 bridgehead atoms. The van der Waals surface area contributed by atoms with Crippen molar-refractivity contribution in [3.05, 3.63) is 35.4 Å². The summed E-state index contributed by atoms with van der Waals surface area (Å²) in [6.07, 6.45) is 5.11. The summed E-state index contributed by atoms with van der Waals surface area (Å²) in [5.74, 6) is 0.940. The normalized spacial score (nSPS) is 15.9. The topological polar surface area (TPSA) is 36.1 Å². The molecule has 0 saturated heterocycles. The van der Waals surface area contributed by atoms with Gasteiger partial charge in [-0.3, -0.25) is 4.99 Å². The largest absolute Gasteiger partial charge is 0.292 e. The minimum atomic E-state index is 0.710. The summed E-state index contributed by atoms with van der Waals surface area (Å²) in [7, 11) is 1.85. The molecular weight excluding hydrogens is 196 g/mol. The number of nitriles is 1. The Hall–Kier alpha value is -1.62. The lowest BCUT2D eigenvalue weighted by atomic mass is 10.0. The molecule has 1 aliphatic rings. The zero-order chi connectivity index (χ0) is 11.4. The minimum Gasteiger partial charge on any atom is -0.292 e. The molecule has 2 rings (SSSR count). The maximum absolute atomic E-state index is 8.73. The Labute approximate surface area is 96.6 Å². The van der Waals surface area contributed by atoms with E-state index in [4.69, 9.17) is 5.26 Å². The van der Waals surface area contributed by atoms with Crippen LogP contribution >= 0.6 is 0 Å². The third kappa shape index (κ3) is 2.70. The van der Waals surface area contributed by atoms with Crippen molar-refractivity contribution in [2.75, 3.05) is 7.05 Å². The molecule has 0 atom stereocenters. The van der Waals surface area contributed by atoms with Crippen LogP contribution in [0, 0.1) is 17.2 Å². The number of nitrogens with zero attached hydrogens (tertiary/aromatic N) is 2. The molecule has 0 radical (unpaired) electrons. The highest BCUT2D eigenvalue weighted by Gasteiger charge is 2.21. The van der Waals surface area contributed by atoms with Gasteiger partial charge in [0.2, 0.25) is 0 Å². The quantitative estimate of drug-likeness (QED) is 0.706. The van der Waals surface area contributed by atoms with Gasteiger partial charge in [0.1, 0.15) is 0 Å². The van der Waals surface area contributed by atoms with Gasteiger partial charge in [-0.2, -0.15) is 5.26 Å². The fourth-order valence-electron chi connectivity index (χ4n) is 1.87. The summed E-state index contributed by atoms with van der Waals surface area (Å²) in [5.41, 5.74) is 3.03. The minimum absolute atomic E-state index is 0.710. The summed E-state index contributed by atoms with van der Waals surface area (Å²) < 4.78 is 0. The monoisotopic (exact) mass is 212 g/mol. The molecular formula is C14H16N2. The van der Waals surface area contributed by atoms with Crippen LogP contribution in [0.3, 0.4) is 0 Å². The molecule has 1 saturated carbocycles. The maximum atomic E-state index is 8.73. The highest BCUT2D eigenvalue weighted by Crippen LogP contribution is 2.33. The van der Waals surface area contributed by atoms with Crippen LogP contribution in [0.1, 0.15) is 36.8 Å². The van der Waals surface area contributed by atoms with Gasteiger partial charge in [0, 0.05) is 12.8 Å². The number of aliphatic imine (C=N–C) groups is 1. The molecule has 0 aromatic heterocycles. The van der Waals surface area contributed by atoms with Crippen LogP contribution in [0.2, 0.25) is 0 Å². The van der Waals surface area contributed by atoms with Crippen LogP contribution in [-0.2, 0) is 0 Å².